The fourth-order valence-electron chi connectivity index (χ4n) is 3.53. The van der Waals surface area contributed by atoms with Crippen LogP contribution in [0, 0.1) is 6.92 Å². The summed E-state index contributed by atoms with van der Waals surface area (Å²) in [6, 6.07) is 7.79. The van der Waals surface area contributed by atoms with Gasteiger partial charge in [0.1, 0.15) is 0 Å². The molecule has 0 atom stereocenters. The molecule has 1 N–H and O–H groups in total. The molecule has 2 aromatic heterocycles. The Morgan fingerprint density at radius 2 is 2.07 bits per heavy atom. The lowest BCUT2D eigenvalue weighted by molar-refractivity contribution is -0.113. The summed E-state index contributed by atoms with van der Waals surface area (Å²) in [5.41, 5.74) is 4.58. The first kappa shape index (κ1) is 19.9. The van der Waals surface area contributed by atoms with Crippen LogP contribution in [0.3, 0.4) is 0 Å². The van der Waals surface area contributed by atoms with Gasteiger partial charge in [-0.25, -0.2) is 0 Å². The number of thiophene rings is 1. The highest BCUT2D eigenvalue weighted by atomic mass is 32.2. The summed E-state index contributed by atoms with van der Waals surface area (Å²) in [6.07, 6.45) is 6.62. The molecule has 29 heavy (non-hydrogen) atoms. The van der Waals surface area contributed by atoms with Crippen LogP contribution in [0.4, 0.5) is 5.69 Å². The molecule has 0 unspecified atom stereocenters. The molecule has 2 heterocycles. The van der Waals surface area contributed by atoms with E-state index in [0.29, 0.717) is 6.54 Å². The molecular formula is C22H24N4OS2. The van der Waals surface area contributed by atoms with Gasteiger partial charge in [-0.05, 0) is 50.3 Å². The molecule has 1 aromatic carbocycles. The van der Waals surface area contributed by atoms with Gasteiger partial charge in [-0.1, -0.05) is 35.5 Å². The van der Waals surface area contributed by atoms with Gasteiger partial charge >= 0.3 is 0 Å². The van der Waals surface area contributed by atoms with Crippen LogP contribution in [-0.4, -0.2) is 26.4 Å². The number of amides is 1. The maximum Gasteiger partial charge on any atom is 0.234 e. The first-order valence-electron chi connectivity index (χ1n) is 9.78. The van der Waals surface area contributed by atoms with Gasteiger partial charge in [0.2, 0.25) is 5.91 Å². The van der Waals surface area contributed by atoms with Crippen molar-refractivity contribution in [2.75, 3.05) is 11.1 Å². The average molecular weight is 425 g/mol. The summed E-state index contributed by atoms with van der Waals surface area (Å²) < 4.78 is 2.06. The van der Waals surface area contributed by atoms with Gasteiger partial charge in [0, 0.05) is 28.1 Å². The van der Waals surface area contributed by atoms with E-state index in [9.17, 15) is 4.79 Å². The van der Waals surface area contributed by atoms with Crippen molar-refractivity contribution in [3.05, 3.63) is 58.3 Å². The molecule has 0 radical (unpaired) electrons. The molecule has 0 spiro atoms. The smallest absolute Gasteiger partial charge is 0.234 e. The van der Waals surface area contributed by atoms with E-state index in [2.05, 4.69) is 32.0 Å². The van der Waals surface area contributed by atoms with Crippen molar-refractivity contribution in [3.8, 4) is 11.4 Å². The molecule has 0 saturated heterocycles. The van der Waals surface area contributed by atoms with E-state index >= 15 is 0 Å². The zero-order chi connectivity index (χ0) is 20.2. The van der Waals surface area contributed by atoms with Crippen molar-refractivity contribution < 1.29 is 4.79 Å². The molecule has 0 aliphatic heterocycles. The summed E-state index contributed by atoms with van der Waals surface area (Å²) in [5, 5.41) is 14.7. The van der Waals surface area contributed by atoms with E-state index < -0.39 is 0 Å². The number of thioether (sulfide) groups is 1. The Hall–Kier alpha value is -2.38. The molecule has 1 amide bonds. The molecular weight excluding hydrogens is 400 g/mol. The minimum absolute atomic E-state index is 0.0542. The molecule has 1 aliphatic carbocycles. The number of nitrogens with zero attached hydrogens (tertiary/aromatic N) is 3. The second kappa shape index (κ2) is 8.97. The van der Waals surface area contributed by atoms with Crippen LogP contribution in [0.5, 0.6) is 0 Å². The number of allylic oxidation sites excluding steroid dienone is 1. The van der Waals surface area contributed by atoms with Crippen molar-refractivity contribution >= 4 is 34.7 Å². The van der Waals surface area contributed by atoms with Crippen LogP contribution in [0.25, 0.3) is 11.4 Å². The van der Waals surface area contributed by atoms with Crippen molar-refractivity contribution in [2.24, 2.45) is 0 Å². The van der Waals surface area contributed by atoms with Crippen LogP contribution in [-0.2, 0) is 24.2 Å². The number of nitrogens with one attached hydrogen (secondary N) is 1. The number of aryl methyl sites for hydroxylation is 2. The topological polar surface area (TPSA) is 59.8 Å². The summed E-state index contributed by atoms with van der Waals surface area (Å²) in [7, 11) is 0. The maximum absolute atomic E-state index is 12.4. The number of rotatable bonds is 7. The number of carbonyl (C=O) groups is 1. The second-order valence-electron chi connectivity index (χ2n) is 7.17. The highest BCUT2D eigenvalue weighted by Crippen LogP contribution is 2.36. The largest absolute Gasteiger partial charge is 0.325 e. The van der Waals surface area contributed by atoms with E-state index in [-0.39, 0.29) is 11.7 Å². The summed E-state index contributed by atoms with van der Waals surface area (Å²) in [6.45, 7) is 6.53. The number of hydrogen-bond donors (Lipinski definition) is 1. The SMILES string of the molecule is C=CCn1c(SCC(=O)Nc2ccc(C)cc2)nnc1-c1csc2c1CCCC2. The first-order valence-corrected chi connectivity index (χ1v) is 11.6. The highest BCUT2D eigenvalue weighted by Gasteiger charge is 2.22. The van der Waals surface area contributed by atoms with E-state index in [1.54, 1.807) is 0 Å². The number of anilines is 1. The number of fused-ring (bicyclic) bond motifs is 1. The van der Waals surface area contributed by atoms with E-state index in [4.69, 9.17) is 0 Å². The van der Waals surface area contributed by atoms with Crippen LogP contribution in [0.1, 0.15) is 28.8 Å². The Labute approximate surface area is 179 Å². The lowest BCUT2D eigenvalue weighted by atomic mass is 9.95. The monoisotopic (exact) mass is 424 g/mol. The quantitative estimate of drug-likeness (QED) is 0.423. The van der Waals surface area contributed by atoms with E-state index in [1.807, 2.05) is 48.6 Å². The van der Waals surface area contributed by atoms with Crippen LogP contribution in [0.15, 0.2) is 47.5 Å². The number of hydrogen-bond acceptors (Lipinski definition) is 5. The molecule has 5 nitrogen and oxygen atoms in total. The number of carbonyl (C=O) groups excluding carboxylic acids is 1. The predicted octanol–water partition coefficient (Wildman–Crippen LogP) is 5.11. The van der Waals surface area contributed by atoms with Gasteiger partial charge in [0.15, 0.2) is 11.0 Å². The standard InChI is InChI=1S/C22H24N4OS2/c1-3-12-26-21(18-13-28-19-7-5-4-6-17(18)19)24-25-22(26)29-14-20(27)23-16-10-8-15(2)9-11-16/h3,8-11,13H,1,4-7,12,14H2,2H3,(H,23,27). The Kier molecular flexibility index (Phi) is 6.16. The van der Waals surface area contributed by atoms with Crippen molar-refractivity contribution in [1.29, 1.82) is 0 Å². The molecule has 1 aliphatic rings. The summed E-state index contributed by atoms with van der Waals surface area (Å²) in [5.74, 6) is 1.11. The first-order chi connectivity index (χ1) is 14.2. The van der Waals surface area contributed by atoms with Gasteiger partial charge < -0.3 is 5.32 Å². The van der Waals surface area contributed by atoms with Gasteiger partial charge in [0.25, 0.3) is 0 Å². The van der Waals surface area contributed by atoms with Crippen LogP contribution >= 0.6 is 23.1 Å². The molecule has 0 saturated carbocycles. The normalized spacial score (nSPS) is 13.1. The fraction of sp³-hybridized carbons (Fsp3) is 0.318. The van der Waals surface area contributed by atoms with Gasteiger partial charge in [-0.15, -0.1) is 28.1 Å². The van der Waals surface area contributed by atoms with Crippen molar-refractivity contribution in [3.63, 3.8) is 0 Å². The van der Waals surface area contributed by atoms with Gasteiger partial charge in [-0.3, -0.25) is 9.36 Å². The molecule has 7 heteroatoms. The van der Waals surface area contributed by atoms with Gasteiger partial charge in [0.05, 0.1) is 5.75 Å². The lowest BCUT2D eigenvalue weighted by Gasteiger charge is -2.13. The van der Waals surface area contributed by atoms with Crippen LogP contribution < -0.4 is 5.32 Å². The minimum Gasteiger partial charge on any atom is -0.325 e. The van der Waals surface area contributed by atoms with Crippen LogP contribution in [0.2, 0.25) is 0 Å². The Morgan fingerprint density at radius 3 is 2.86 bits per heavy atom. The molecule has 0 bridgehead atoms. The lowest BCUT2D eigenvalue weighted by Crippen LogP contribution is -2.14. The zero-order valence-electron chi connectivity index (χ0n) is 16.5. The third-order valence-electron chi connectivity index (χ3n) is 5.00. The van der Waals surface area contributed by atoms with Crippen molar-refractivity contribution in [1.82, 2.24) is 14.8 Å². The Balaban J connectivity index is 1.49. The summed E-state index contributed by atoms with van der Waals surface area (Å²) in [4.78, 5) is 13.8. The zero-order valence-corrected chi connectivity index (χ0v) is 18.1. The summed E-state index contributed by atoms with van der Waals surface area (Å²) >= 11 is 3.23. The number of benzene rings is 1. The van der Waals surface area contributed by atoms with E-state index in [0.717, 1.165) is 35.1 Å². The average Bonchev–Trinajstić information content (AvgIpc) is 3.32. The predicted molar refractivity (Wildman–Crippen MR) is 121 cm³/mol. The third kappa shape index (κ3) is 4.46. The van der Waals surface area contributed by atoms with E-state index in [1.165, 1.54) is 40.6 Å². The Bertz CT molecular complexity index is 1020. The number of aromatic nitrogens is 3. The second-order valence-corrected chi connectivity index (χ2v) is 9.07. The Morgan fingerprint density at radius 1 is 1.28 bits per heavy atom. The van der Waals surface area contributed by atoms with Gasteiger partial charge in [-0.2, -0.15) is 0 Å². The molecule has 4 rings (SSSR count). The fourth-order valence-corrected chi connectivity index (χ4v) is 5.41. The minimum atomic E-state index is -0.0542. The highest BCUT2D eigenvalue weighted by molar-refractivity contribution is 7.99. The van der Waals surface area contributed by atoms with Crippen molar-refractivity contribution in [2.45, 2.75) is 44.3 Å². The molecule has 150 valence electrons. The maximum atomic E-state index is 12.4. The molecule has 3 aromatic rings. The molecule has 0 fully saturated rings. The third-order valence-corrected chi connectivity index (χ3v) is 7.05.